The first kappa shape index (κ1) is 13.9. The number of hydrogen-bond donors (Lipinski definition) is 2. The summed E-state index contributed by atoms with van der Waals surface area (Å²) in [4.78, 5) is 9.88. The van der Waals surface area contributed by atoms with E-state index in [1.54, 1.807) is 0 Å². The molecule has 0 atom stereocenters. The third kappa shape index (κ3) is 2.91. The maximum Gasteiger partial charge on any atom is 0.298 e. The predicted molar refractivity (Wildman–Crippen MR) is 65.0 cm³/mol. The standard InChI is InChI=1S/C12H10F2N2O4/c13-7-3-10(14)12(11(4-7)16(18)19)15-5-8-1-2-9(6-17)20-8/h1-4,15,17H,5-6H2. The minimum absolute atomic E-state index is 0.0383. The van der Waals surface area contributed by atoms with Gasteiger partial charge in [-0.3, -0.25) is 10.1 Å². The number of aliphatic hydroxyl groups excluding tert-OH is 1. The molecule has 0 unspecified atom stereocenters. The molecule has 0 aliphatic carbocycles. The van der Waals surface area contributed by atoms with E-state index in [1.165, 1.54) is 12.1 Å². The minimum atomic E-state index is -1.06. The Morgan fingerprint density at radius 1 is 1.30 bits per heavy atom. The SMILES string of the molecule is O=[N+]([O-])c1cc(F)cc(F)c1NCc1ccc(CO)o1. The monoisotopic (exact) mass is 284 g/mol. The van der Waals surface area contributed by atoms with Crippen LogP contribution in [0.3, 0.4) is 0 Å². The first-order valence-corrected chi connectivity index (χ1v) is 5.57. The predicted octanol–water partition coefficient (Wildman–Crippen LogP) is 2.57. The van der Waals surface area contributed by atoms with E-state index >= 15 is 0 Å². The summed E-state index contributed by atoms with van der Waals surface area (Å²) in [7, 11) is 0. The van der Waals surface area contributed by atoms with Crippen molar-refractivity contribution in [2.24, 2.45) is 0 Å². The summed E-state index contributed by atoms with van der Waals surface area (Å²) in [5.41, 5.74) is -1.12. The van der Waals surface area contributed by atoms with Crippen molar-refractivity contribution in [3.8, 4) is 0 Å². The van der Waals surface area contributed by atoms with Gasteiger partial charge in [-0.15, -0.1) is 0 Å². The molecule has 1 aromatic heterocycles. The van der Waals surface area contributed by atoms with Crippen molar-refractivity contribution in [2.75, 3.05) is 5.32 Å². The molecule has 0 spiro atoms. The topological polar surface area (TPSA) is 88.5 Å². The van der Waals surface area contributed by atoms with Gasteiger partial charge in [-0.1, -0.05) is 0 Å². The lowest BCUT2D eigenvalue weighted by Gasteiger charge is -2.07. The summed E-state index contributed by atoms with van der Waals surface area (Å²) < 4.78 is 31.7. The number of nitro benzene ring substituents is 1. The van der Waals surface area contributed by atoms with Gasteiger partial charge in [0.25, 0.3) is 5.69 Å². The second-order valence-corrected chi connectivity index (χ2v) is 3.92. The third-order valence-electron chi connectivity index (χ3n) is 2.54. The Bertz CT molecular complexity index is 642. The first-order valence-electron chi connectivity index (χ1n) is 5.57. The Morgan fingerprint density at radius 2 is 2.00 bits per heavy atom. The van der Waals surface area contributed by atoms with Crippen LogP contribution in [0.5, 0.6) is 0 Å². The van der Waals surface area contributed by atoms with Gasteiger partial charge in [0.1, 0.15) is 29.6 Å². The fourth-order valence-electron chi connectivity index (χ4n) is 1.66. The Hall–Kier alpha value is -2.48. The molecule has 0 saturated heterocycles. The molecule has 106 valence electrons. The van der Waals surface area contributed by atoms with Crippen LogP contribution in [0.15, 0.2) is 28.7 Å². The molecule has 6 nitrogen and oxygen atoms in total. The molecule has 0 aliphatic heterocycles. The van der Waals surface area contributed by atoms with Crippen molar-refractivity contribution in [1.82, 2.24) is 0 Å². The van der Waals surface area contributed by atoms with Gasteiger partial charge in [0.15, 0.2) is 5.82 Å². The number of anilines is 1. The van der Waals surface area contributed by atoms with Crippen molar-refractivity contribution >= 4 is 11.4 Å². The average molecular weight is 284 g/mol. The van der Waals surface area contributed by atoms with Gasteiger partial charge in [0, 0.05) is 6.07 Å². The van der Waals surface area contributed by atoms with Crippen molar-refractivity contribution in [3.63, 3.8) is 0 Å². The number of aliphatic hydroxyl groups is 1. The normalized spacial score (nSPS) is 10.6. The first-order chi connectivity index (χ1) is 9.51. The summed E-state index contributed by atoms with van der Waals surface area (Å²) in [6.45, 7) is -0.325. The van der Waals surface area contributed by atoms with Gasteiger partial charge in [-0.25, -0.2) is 8.78 Å². The lowest BCUT2D eigenvalue weighted by molar-refractivity contribution is -0.384. The highest BCUT2D eigenvalue weighted by Gasteiger charge is 2.20. The highest BCUT2D eigenvalue weighted by molar-refractivity contribution is 5.62. The zero-order chi connectivity index (χ0) is 14.7. The number of nitrogens with zero attached hydrogens (tertiary/aromatic N) is 1. The molecule has 8 heteroatoms. The number of rotatable bonds is 5. The lowest BCUT2D eigenvalue weighted by Crippen LogP contribution is -2.05. The summed E-state index contributed by atoms with van der Waals surface area (Å²) >= 11 is 0. The maximum atomic E-state index is 13.6. The highest BCUT2D eigenvalue weighted by atomic mass is 19.1. The third-order valence-corrected chi connectivity index (χ3v) is 2.54. The van der Waals surface area contributed by atoms with E-state index in [9.17, 15) is 18.9 Å². The minimum Gasteiger partial charge on any atom is -0.462 e. The van der Waals surface area contributed by atoms with Crippen LogP contribution >= 0.6 is 0 Å². The maximum absolute atomic E-state index is 13.6. The van der Waals surface area contributed by atoms with Gasteiger partial charge in [0.2, 0.25) is 0 Å². The second kappa shape index (κ2) is 5.66. The number of halogens is 2. The van der Waals surface area contributed by atoms with Gasteiger partial charge in [-0.05, 0) is 12.1 Å². The van der Waals surface area contributed by atoms with E-state index in [0.29, 0.717) is 23.7 Å². The van der Waals surface area contributed by atoms with Crippen LogP contribution in [-0.2, 0) is 13.2 Å². The van der Waals surface area contributed by atoms with Gasteiger partial charge >= 0.3 is 0 Å². The molecule has 0 aliphatic rings. The van der Waals surface area contributed by atoms with Crippen LogP contribution in [0.1, 0.15) is 11.5 Å². The van der Waals surface area contributed by atoms with E-state index in [-0.39, 0.29) is 13.2 Å². The fraction of sp³-hybridized carbons (Fsp3) is 0.167. The molecule has 0 saturated carbocycles. The Labute approximate surface area is 111 Å². The molecule has 0 radical (unpaired) electrons. The van der Waals surface area contributed by atoms with Crippen molar-refractivity contribution in [1.29, 1.82) is 0 Å². The Balaban J connectivity index is 2.22. The largest absolute Gasteiger partial charge is 0.462 e. The highest BCUT2D eigenvalue weighted by Crippen LogP contribution is 2.29. The van der Waals surface area contributed by atoms with Crippen LogP contribution in [0.4, 0.5) is 20.2 Å². The number of benzene rings is 1. The van der Waals surface area contributed by atoms with Gasteiger partial charge in [0.05, 0.1) is 17.5 Å². The molecule has 2 rings (SSSR count). The number of hydrogen-bond acceptors (Lipinski definition) is 5. The Morgan fingerprint density at radius 3 is 2.60 bits per heavy atom. The van der Waals surface area contributed by atoms with Gasteiger partial charge in [-0.2, -0.15) is 0 Å². The Kier molecular flexibility index (Phi) is 3.94. The van der Waals surface area contributed by atoms with Crippen LogP contribution in [0.2, 0.25) is 0 Å². The molecule has 1 aromatic carbocycles. The molecule has 0 bridgehead atoms. The van der Waals surface area contributed by atoms with Crippen molar-refractivity contribution in [3.05, 3.63) is 57.5 Å². The summed E-state index contributed by atoms with van der Waals surface area (Å²) in [6.07, 6.45) is 0. The number of nitro groups is 1. The van der Waals surface area contributed by atoms with Crippen molar-refractivity contribution < 1.29 is 23.2 Å². The molecule has 1 heterocycles. The zero-order valence-electron chi connectivity index (χ0n) is 10.1. The summed E-state index contributed by atoms with van der Waals surface area (Å²) in [6, 6.07) is 4.24. The molecule has 0 amide bonds. The second-order valence-electron chi connectivity index (χ2n) is 3.92. The van der Waals surface area contributed by atoms with E-state index in [2.05, 4.69) is 5.32 Å². The van der Waals surface area contributed by atoms with Crippen molar-refractivity contribution in [2.45, 2.75) is 13.2 Å². The zero-order valence-corrected chi connectivity index (χ0v) is 10.1. The van der Waals surface area contributed by atoms with E-state index < -0.39 is 27.9 Å². The quantitative estimate of drug-likeness (QED) is 0.650. The van der Waals surface area contributed by atoms with E-state index in [0.717, 1.165) is 0 Å². The van der Waals surface area contributed by atoms with E-state index in [1.807, 2.05) is 0 Å². The number of furan rings is 1. The summed E-state index contributed by atoms with van der Waals surface area (Å²) in [5, 5.41) is 22.1. The summed E-state index contributed by atoms with van der Waals surface area (Å²) in [5.74, 6) is -1.42. The van der Waals surface area contributed by atoms with Gasteiger partial charge < -0.3 is 14.8 Å². The average Bonchev–Trinajstić information content (AvgIpc) is 2.84. The van der Waals surface area contributed by atoms with Crippen LogP contribution in [-0.4, -0.2) is 10.0 Å². The fourth-order valence-corrected chi connectivity index (χ4v) is 1.66. The molecule has 0 fully saturated rings. The van der Waals surface area contributed by atoms with Crippen LogP contribution < -0.4 is 5.32 Å². The molecule has 2 N–H and O–H groups in total. The number of nitrogens with one attached hydrogen (secondary N) is 1. The smallest absolute Gasteiger partial charge is 0.298 e. The van der Waals surface area contributed by atoms with Crippen LogP contribution in [0.25, 0.3) is 0 Å². The lowest BCUT2D eigenvalue weighted by atomic mass is 10.2. The van der Waals surface area contributed by atoms with Crippen LogP contribution in [0, 0.1) is 21.7 Å². The molecular weight excluding hydrogens is 274 g/mol. The van der Waals surface area contributed by atoms with E-state index in [4.69, 9.17) is 9.52 Å². The molecular formula is C12H10F2N2O4. The molecule has 20 heavy (non-hydrogen) atoms. The molecule has 2 aromatic rings.